The van der Waals surface area contributed by atoms with Crippen molar-refractivity contribution in [3.63, 3.8) is 0 Å². The van der Waals surface area contributed by atoms with Gasteiger partial charge in [0.15, 0.2) is 0 Å². The zero-order valence-corrected chi connectivity index (χ0v) is 12.2. The van der Waals surface area contributed by atoms with Crippen LogP contribution in [0.3, 0.4) is 0 Å². The summed E-state index contributed by atoms with van der Waals surface area (Å²) >= 11 is 0. The lowest BCUT2D eigenvalue weighted by molar-refractivity contribution is 0.176. The molecule has 1 aromatic carbocycles. The van der Waals surface area contributed by atoms with Gasteiger partial charge in [-0.1, -0.05) is 0 Å². The molecule has 1 aliphatic rings. The molecule has 1 fully saturated rings. The Morgan fingerprint density at radius 3 is 2.58 bits per heavy atom. The van der Waals surface area contributed by atoms with Gasteiger partial charge in [-0.05, 0) is 63.3 Å². The maximum Gasteiger partial charge on any atom is 0.119 e. The van der Waals surface area contributed by atoms with Crippen LogP contribution < -0.4 is 9.64 Å². The number of aliphatic hydroxyl groups excluding tert-OH is 1. The number of hydrogen-bond donors (Lipinski definition) is 1. The molecule has 3 nitrogen and oxygen atoms in total. The predicted octanol–water partition coefficient (Wildman–Crippen LogP) is 3.07. The van der Waals surface area contributed by atoms with Gasteiger partial charge >= 0.3 is 0 Å². The number of nitrogens with zero attached hydrogens (tertiary/aromatic N) is 1. The second-order valence-electron chi connectivity index (χ2n) is 5.85. The van der Waals surface area contributed by atoms with Gasteiger partial charge in [0.2, 0.25) is 0 Å². The van der Waals surface area contributed by atoms with Gasteiger partial charge in [-0.3, -0.25) is 0 Å². The van der Waals surface area contributed by atoms with E-state index in [4.69, 9.17) is 4.74 Å². The van der Waals surface area contributed by atoms with Crippen molar-refractivity contribution in [2.45, 2.75) is 38.6 Å². The van der Waals surface area contributed by atoms with Crippen molar-refractivity contribution in [2.75, 3.05) is 25.2 Å². The van der Waals surface area contributed by atoms with Crippen molar-refractivity contribution in [1.82, 2.24) is 0 Å². The van der Waals surface area contributed by atoms with Gasteiger partial charge < -0.3 is 14.7 Å². The minimum atomic E-state index is 0.0928. The highest BCUT2D eigenvalue weighted by Crippen LogP contribution is 2.38. The molecule has 3 heteroatoms. The Morgan fingerprint density at radius 1 is 1.32 bits per heavy atom. The van der Waals surface area contributed by atoms with Crippen LogP contribution in [-0.2, 0) is 0 Å². The van der Waals surface area contributed by atoms with Crippen LogP contribution in [0.25, 0.3) is 0 Å². The zero-order chi connectivity index (χ0) is 13.9. The molecule has 0 saturated carbocycles. The van der Waals surface area contributed by atoms with E-state index in [9.17, 15) is 5.11 Å². The second-order valence-corrected chi connectivity index (χ2v) is 5.85. The Morgan fingerprint density at radius 2 is 2.00 bits per heavy atom. The van der Waals surface area contributed by atoms with Crippen LogP contribution in [0.5, 0.6) is 5.75 Å². The number of methoxy groups -OCH3 is 1. The molecular weight excluding hydrogens is 238 g/mol. The first-order chi connectivity index (χ1) is 9.09. The number of ether oxygens (including phenoxy) is 1. The summed E-state index contributed by atoms with van der Waals surface area (Å²) in [6, 6.07) is 8.28. The van der Waals surface area contributed by atoms with E-state index in [-0.39, 0.29) is 12.1 Å². The Balaban J connectivity index is 2.21. The molecule has 1 heterocycles. The van der Waals surface area contributed by atoms with Gasteiger partial charge in [-0.2, -0.15) is 0 Å². The van der Waals surface area contributed by atoms with Crippen LogP contribution in [0, 0.1) is 5.92 Å². The van der Waals surface area contributed by atoms with E-state index >= 15 is 0 Å². The number of rotatable bonds is 4. The zero-order valence-electron chi connectivity index (χ0n) is 12.2. The fourth-order valence-corrected chi connectivity index (χ4v) is 3.23. The van der Waals surface area contributed by atoms with Crippen molar-refractivity contribution in [2.24, 2.45) is 5.92 Å². The number of aliphatic hydroxyl groups is 1. The van der Waals surface area contributed by atoms with Gasteiger partial charge in [0, 0.05) is 24.4 Å². The third-order valence-corrected chi connectivity index (χ3v) is 4.49. The van der Waals surface area contributed by atoms with E-state index in [0.717, 1.165) is 18.7 Å². The lowest BCUT2D eigenvalue weighted by Crippen LogP contribution is -2.53. The Kier molecular flexibility index (Phi) is 4.35. The molecule has 2 rings (SSSR count). The molecule has 19 heavy (non-hydrogen) atoms. The highest BCUT2D eigenvalue weighted by atomic mass is 16.5. The summed E-state index contributed by atoms with van der Waals surface area (Å²) < 4.78 is 5.22. The maximum absolute atomic E-state index is 9.24. The quantitative estimate of drug-likeness (QED) is 0.906. The van der Waals surface area contributed by atoms with Gasteiger partial charge in [0.05, 0.1) is 7.11 Å². The highest BCUT2D eigenvalue weighted by Gasteiger charge is 2.37. The summed E-state index contributed by atoms with van der Waals surface area (Å²) in [7, 11) is 1.69. The van der Waals surface area contributed by atoms with Gasteiger partial charge in [0.25, 0.3) is 0 Å². The monoisotopic (exact) mass is 263 g/mol. The van der Waals surface area contributed by atoms with Crippen molar-refractivity contribution < 1.29 is 9.84 Å². The fourth-order valence-electron chi connectivity index (χ4n) is 3.23. The molecule has 0 amide bonds. The van der Waals surface area contributed by atoms with Crippen molar-refractivity contribution in [3.8, 4) is 5.75 Å². The normalized spacial score (nSPS) is 22.3. The molecule has 0 spiro atoms. The first-order valence-electron chi connectivity index (χ1n) is 7.12. The Labute approximate surface area is 116 Å². The van der Waals surface area contributed by atoms with Crippen LogP contribution in [0.2, 0.25) is 0 Å². The average molecular weight is 263 g/mol. The second kappa shape index (κ2) is 5.83. The number of benzene rings is 1. The summed E-state index contributed by atoms with van der Waals surface area (Å²) in [5.74, 6) is 1.44. The van der Waals surface area contributed by atoms with E-state index < -0.39 is 0 Å². The molecule has 1 atom stereocenters. The van der Waals surface area contributed by atoms with Crippen molar-refractivity contribution in [1.29, 1.82) is 0 Å². The molecule has 1 N–H and O–H groups in total. The Hall–Kier alpha value is -1.22. The largest absolute Gasteiger partial charge is 0.497 e. The maximum atomic E-state index is 9.24. The smallest absolute Gasteiger partial charge is 0.119 e. The summed E-state index contributed by atoms with van der Waals surface area (Å²) in [6.45, 7) is 5.94. The fraction of sp³-hybridized carbons (Fsp3) is 0.625. The van der Waals surface area contributed by atoms with Gasteiger partial charge in [-0.25, -0.2) is 0 Å². The SMILES string of the molecule is COc1ccc(N2CCCC(CCO)C2(C)C)cc1. The minimum absolute atomic E-state index is 0.0928. The van der Waals surface area contributed by atoms with Crippen LogP contribution in [0.4, 0.5) is 5.69 Å². The molecular formula is C16H25NO2. The number of piperidine rings is 1. The lowest BCUT2D eigenvalue weighted by atomic mass is 9.77. The van der Waals surface area contributed by atoms with Crippen LogP contribution in [-0.4, -0.2) is 30.9 Å². The average Bonchev–Trinajstić information content (AvgIpc) is 2.41. The van der Waals surface area contributed by atoms with Gasteiger partial charge in [-0.15, -0.1) is 0 Å². The number of anilines is 1. The molecule has 0 aliphatic carbocycles. The molecule has 106 valence electrons. The molecule has 1 unspecified atom stereocenters. The molecule has 1 saturated heterocycles. The first-order valence-corrected chi connectivity index (χ1v) is 7.12. The topological polar surface area (TPSA) is 32.7 Å². The van der Waals surface area contributed by atoms with Crippen LogP contribution in [0.1, 0.15) is 33.1 Å². The Bertz CT molecular complexity index is 398. The van der Waals surface area contributed by atoms with Crippen LogP contribution >= 0.6 is 0 Å². The van der Waals surface area contributed by atoms with Crippen LogP contribution in [0.15, 0.2) is 24.3 Å². The molecule has 0 bridgehead atoms. The molecule has 0 aromatic heterocycles. The summed E-state index contributed by atoms with van der Waals surface area (Å²) in [5, 5.41) is 9.24. The minimum Gasteiger partial charge on any atom is -0.497 e. The molecule has 0 radical (unpaired) electrons. The molecule has 1 aromatic rings. The standard InChI is InChI=1S/C16H25NO2/c1-16(2)13(10-12-18)5-4-11-17(16)14-6-8-15(19-3)9-7-14/h6-9,13,18H,4-5,10-12H2,1-3H3. The third kappa shape index (κ3) is 2.86. The van der Waals surface area contributed by atoms with E-state index in [2.05, 4.69) is 30.9 Å². The van der Waals surface area contributed by atoms with Crippen molar-refractivity contribution >= 4 is 5.69 Å². The number of hydrogen-bond acceptors (Lipinski definition) is 3. The van der Waals surface area contributed by atoms with E-state index in [0.29, 0.717) is 5.92 Å². The van der Waals surface area contributed by atoms with Gasteiger partial charge in [0.1, 0.15) is 5.75 Å². The van der Waals surface area contributed by atoms with E-state index in [1.807, 2.05) is 12.1 Å². The lowest BCUT2D eigenvalue weighted by Gasteiger charge is -2.49. The highest BCUT2D eigenvalue weighted by molar-refractivity contribution is 5.51. The summed E-state index contributed by atoms with van der Waals surface area (Å²) in [5.41, 5.74) is 1.34. The third-order valence-electron chi connectivity index (χ3n) is 4.49. The summed E-state index contributed by atoms with van der Waals surface area (Å²) in [4.78, 5) is 2.47. The van der Waals surface area contributed by atoms with Crippen molar-refractivity contribution in [3.05, 3.63) is 24.3 Å². The first kappa shape index (κ1) is 14.2. The molecule has 1 aliphatic heterocycles. The van der Waals surface area contributed by atoms with E-state index in [1.165, 1.54) is 18.5 Å². The summed E-state index contributed by atoms with van der Waals surface area (Å²) in [6.07, 6.45) is 3.29. The predicted molar refractivity (Wildman–Crippen MR) is 78.8 cm³/mol. The van der Waals surface area contributed by atoms with E-state index in [1.54, 1.807) is 7.11 Å².